The Labute approximate surface area is 205 Å². The van der Waals surface area contributed by atoms with Crippen molar-refractivity contribution in [1.82, 2.24) is 0 Å². The Balaban J connectivity index is 1.44. The van der Waals surface area contributed by atoms with Gasteiger partial charge in [0, 0.05) is 5.02 Å². The van der Waals surface area contributed by atoms with Crippen molar-refractivity contribution in [3.63, 3.8) is 0 Å². The molecule has 35 heavy (non-hydrogen) atoms. The zero-order valence-electron chi connectivity index (χ0n) is 18.8. The number of aliphatic hydroxyl groups is 4. The summed E-state index contributed by atoms with van der Waals surface area (Å²) in [5, 5.41) is 40.4. The number of ether oxygens (including phenoxy) is 2. The van der Waals surface area contributed by atoms with Crippen LogP contribution in [-0.2, 0) is 11.2 Å². The van der Waals surface area contributed by atoms with E-state index in [9.17, 15) is 33.6 Å². The van der Waals surface area contributed by atoms with Crippen molar-refractivity contribution in [3.8, 4) is 5.75 Å². The quantitative estimate of drug-likeness (QED) is 0.449. The molecular formula is C25H28ClF3O6. The third kappa shape index (κ3) is 5.30. The molecule has 1 aliphatic heterocycles. The zero-order valence-corrected chi connectivity index (χ0v) is 19.5. The summed E-state index contributed by atoms with van der Waals surface area (Å²) in [5.41, 5.74) is 0.281. The molecule has 4 rings (SSSR count). The highest BCUT2D eigenvalue weighted by Gasteiger charge is 2.58. The molecule has 5 unspecified atom stereocenters. The van der Waals surface area contributed by atoms with Gasteiger partial charge < -0.3 is 29.9 Å². The predicted molar refractivity (Wildman–Crippen MR) is 121 cm³/mol. The molecule has 1 heterocycles. The van der Waals surface area contributed by atoms with Gasteiger partial charge in [0.2, 0.25) is 0 Å². The first-order valence-electron chi connectivity index (χ1n) is 11.4. The molecule has 1 saturated carbocycles. The van der Waals surface area contributed by atoms with Crippen LogP contribution in [0.5, 0.6) is 5.75 Å². The van der Waals surface area contributed by atoms with Crippen LogP contribution in [0.3, 0.4) is 0 Å². The molecule has 1 saturated heterocycles. The summed E-state index contributed by atoms with van der Waals surface area (Å²) in [6.45, 7) is -0.927. The van der Waals surface area contributed by atoms with Gasteiger partial charge in [-0.1, -0.05) is 42.3 Å². The highest BCUT2D eigenvalue weighted by molar-refractivity contribution is 6.31. The van der Waals surface area contributed by atoms with Gasteiger partial charge in [0.1, 0.15) is 42.9 Å². The van der Waals surface area contributed by atoms with Gasteiger partial charge in [0.25, 0.3) is 0 Å². The lowest BCUT2D eigenvalue weighted by molar-refractivity contribution is -0.259. The Morgan fingerprint density at radius 1 is 1.00 bits per heavy atom. The molecule has 2 aliphatic rings. The van der Waals surface area contributed by atoms with E-state index in [1.54, 1.807) is 42.5 Å². The van der Waals surface area contributed by atoms with Gasteiger partial charge in [-0.15, -0.1) is 0 Å². The number of alkyl halides is 3. The van der Waals surface area contributed by atoms with Gasteiger partial charge in [0.15, 0.2) is 0 Å². The Hall–Kier alpha value is -1.88. The molecule has 0 radical (unpaired) electrons. The fraction of sp³-hybridized carbons (Fsp3) is 0.520. The SMILES string of the molecule is OCC1OC(c2ccc(Cl)c(Cc3ccc(OCC4(C(F)(F)F)CCC4)cc3)c2)C(O)C(O)C1O. The van der Waals surface area contributed by atoms with Crippen LogP contribution >= 0.6 is 11.6 Å². The van der Waals surface area contributed by atoms with Gasteiger partial charge in [-0.3, -0.25) is 0 Å². The third-order valence-corrected chi connectivity index (χ3v) is 7.40. The van der Waals surface area contributed by atoms with Gasteiger partial charge in [-0.05, 0) is 54.2 Å². The van der Waals surface area contributed by atoms with Gasteiger partial charge >= 0.3 is 6.18 Å². The van der Waals surface area contributed by atoms with Crippen LogP contribution in [0.4, 0.5) is 13.2 Å². The second-order valence-corrected chi connectivity index (χ2v) is 9.75. The van der Waals surface area contributed by atoms with Crippen LogP contribution in [0.15, 0.2) is 42.5 Å². The first-order valence-corrected chi connectivity index (χ1v) is 11.8. The number of hydrogen-bond donors (Lipinski definition) is 4. The number of benzene rings is 2. The third-order valence-electron chi connectivity index (χ3n) is 7.04. The van der Waals surface area contributed by atoms with E-state index in [0.29, 0.717) is 34.7 Å². The van der Waals surface area contributed by atoms with Crippen molar-refractivity contribution >= 4 is 11.6 Å². The standard InChI is InChI=1S/C25H28ClF3O6/c26-18-7-4-15(23-22(33)21(32)20(31)19(12-30)35-23)11-16(18)10-14-2-5-17(6-3-14)34-13-24(8-1-9-24)25(27,28)29/h2-7,11,19-23,30-33H,1,8-10,12-13H2. The topological polar surface area (TPSA) is 99.4 Å². The molecule has 6 nitrogen and oxygen atoms in total. The summed E-state index contributed by atoms with van der Waals surface area (Å²) in [5.74, 6) is 0.352. The van der Waals surface area contributed by atoms with Crippen molar-refractivity contribution in [3.05, 3.63) is 64.2 Å². The Kier molecular flexibility index (Phi) is 7.66. The molecule has 0 spiro atoms. The molecule has 2 aromatic rings. The van der Waals surface area contributed by atoms with Gasteiger partial charge in [-0.2, -0.15) is 13.2 Å². The fourth-order valence-corrected chi connectivity index (χ4v) is 4.73. The van der Waals surface area contributed by atoms with E-state index in [-0.39, 0.29) is 12.8 Å². The molecular weight excluding hydrogens is 489 g/mol. The summed E-state index contributed by atoms with van der Waals surface area (Å²) in [6.07, 6.45) is -9.55. The second-order valence-electron chi connectivity index (χ2n) is 9.34. The minimum Gasteiger partial charge on any atom is -0.493 e. The summed E-state index contributed by atoms with van der Waals surface area (Å²) in [7, 11) is 0. The fourth-order valence-electron chi connectivity index (χ4n) is 4.54. The summed E-state index contributed by atoms with van der Waals surface area (Å²) in [4.78, 5) is 0. The van der Waals surface area contributed by atoms with Crippen LogP contribution in [0.1, 0.15) is 42.1 Å². The molecule has 0 aromatic heterocycles. The summed E-state index contributed by atoms with van der Waals surface area (Å²) in [6, 6.07) is 11.7. The largest absolute Gasteiger partial charge is 0.493 e. The van der Waals surface area contributed by atoms with E-state index < -0.39 is 55.3 Å². The van der Waals surface area contributed by atoms with Crippen LogP contribution in [0.25, 0.3) is 0 Å². The van der Waals surface area contributed by atoms with Crippen molar-refractivity contribution in [2.24, 2.45) is 5.41 Å². The van der Waals surface area contributed by atoms with E-state index in [1.807, 2.05) is 0 Å². The van der Waals surface area contributed by atoms with Gasteiger partial charge in [-0.25, -0.2) is 0 Å². The Bertz CT molecular complexity index is 1010. The number of rotatable bonds is 7. The zero-order chi connectivity index (χ0) is 25.4. The first kappa shape index (κ1) is 26.2. The van der Waals surface area contributed by atoms with Gasteiger partial charge in [0.05, 0.1) is 12.0 Å². The van der Waals surface area contributed by atoms with Crippen molar-refractivity contribution < 1.29 is 43.1 Å². The molecule has 2 fully saturated rings. The van der Waals surface area contributed by atoms with Crippen LogP contribution in [-0.4, -0.2) is 64.2 Å². The van der Waals surface area contributed by atoms with Crippen LogP contribution < -0.4 is 4.74 Å². The number of hydrogen-bond acceptors (Lipinski definition) is 6. The molecule has 4 N–H and O–H groups in total. The average molecular weight is 517 g/mol. The first-order chi connectivity index (χ1) is 16.5. The van der Waals surface area contributed by atoms with E-state index >= 15 is 0 Å². The molecule has 0 bridgehead atoms. The number of aliphatic hydroxyl groups excluding tert-OH is 4. The van der Waals surface area contributed by atoms with E-state index in [0.717, 1.165) is 5.56 Å². The van der Waals surface area contributed by atoms with Crippen molar-refractivity contribution in [2.45, 2.75) is 62.4 Å². The van der Waals surface area contributed by atoms with Crippen molar-refractivity contribution in [1.29, 1.82) is 0 Å². The lowest BCUT2D eigenvalue weighted by atomic mass is 9.69. The van der Waals surface area contributed by atoms with E-state index in [2.05, 4.69) is 0 Å². The maximum absolute atomic E-state index is 13.3. The van der Waals surface area contributed by atoms with E-state index in [1.165, 1.54) is 0 Å². The monoisotopic (exact) mass is 516 g/mol. The highest BCUT2D eigenvalue weighted by Crippen LogP contribution is 2.53. The average Bonchev–Trinajstić information content (AvgIpc) is 2.79. The second kappa shape index (κ2) is 10.2. The highest BCUT2D eigenvalue weighted by atomic mass is 35.5. The van der Waals surface area contributed by atoms with E-state index in [4.69, 9.17) is 21.1 Å². The molecule has 192 valence electrons. The minimum absolute atomic E-state index is 0.0812. The summed E-state index contributed by atoms with van der Waals surface area (Å²) >= 11 is 6.36. The maximum atomic E-state index is 13.3. The lowest BCUT2D eigenvalue weighted by Crippen LogP contribution is -2.55. The molecule has 10 heteroatoms. The lowest BCUT2D eigenvalue weighted by Gasteiger charge is -2.42. The van der Waals surface area contributed by atoms with Crippen LogP contribution in [0, 0.1) is 5.41 Å². The number of halogens is 4. The van der Waals surface area contributed by atoms with Crippen LogP contribution in [0.2, 0.25) is 5.02 Å². The Morgan fingerprint density at radius 2 is 1.69 bits per heavy atom. The predicted octanol–water partition coefficient (Wildman–Crippen LogP) is 3.56. The molecule has 2 aromatic carbocycles. The smallest absolute Gasteiger partial charge is 0.397 e. The molecule has 5 atom stereocenters. The molecule has 1 aliphatic carbocycles. The van der Waals surface area contributed by atoms with Crippen molar-refractivity contribution in [2.75, 3.05) is 13.2 Å². The molecule has 0 amide bonds. The normalized spacial score (nSPS) is 28.4. The maximum Gasteiger partial charge on any atom is 0.397 e. The summed E-state index contributed by atoms with van der Waals surface area (Å²) < 4.78 is 51.0. The minimum atomic E-state index is -4.28. The Morgan fingerprint density at radius 3 is 2.26 bits per heavy atom.